The van der Waals surface area contributed by atoms with Crippen LogP contribution in [0, 0.1) is 0 Å². The van der Waals surface area contributed by atoms with E-state index in [0.717, 1.165) is 29.0 Å². The lowest BCUT2D eigenvalue weighted by Crippen LogP contribution is -2.10. The van der Waals surface area contributed by atoms with Crippen molar-refractivity contribution in [3.8, 4) is 0 Å². The fraction of sp³-hybridized carbons (Fsp3) is 0.0435. The van der Waals surface area contributed by atoms with Crippen LogP contribution >= 0.6 is 0 Å². The van der Waals surface area contributed by atoms with Gasteiger partial charge in [-0.25, -0.2) is 0 Å². The molecule has 0 aliphatic heterocycles. The zero-order chi connectivity index (χ0) is 31.7. The lowest BCUT2D eigenvalue weighted by molar-refractivity contribution is 0.805. The monoisotopic (exact) mass is 603 g/mol. The number of benzene rings is 7. The standard InChI is InChI=1S/C46H37N/c1-6-16-38(17-7-1)45(39-18-8-2-9-19-39)34-36-26-30-43(31-27-36)47(42-24-14-5-15-25-42)44-32-28-37(29-33-44)35-46(40-20-10-3-11-21-40)41-22-12-4-13-23-41/h1-34,46H,35H2. The molecule has 7 rings (SSSR count). The molecule has 0 aromatic heterocycles. The third-order valence-electron chi connectivity index (χ3n) is 8.68. The molecule has 0 amide bonds. The van der Waals surface area contributed by atoms with Crippen molar-refractivity contribution >= 4 is 28.7 Å². The molecule has 0 aliphatic rings. The summed E-state index contributed by atoms with van der Waals surface area (Å²) in [5.74, 6) is 0.297. The molecule has 0 fully saturated rings. The van der Waals surface area contributed by atoms with Gasteiger partial charge in [0.1, 0.15) is 0 Å². The van der Waals surface area contributed by atoms with Gasteiger partial charge in [-0.2, -0.15) is 0 Å². The first kappa shape index (κ1) is 29.8. The molecule has 1 heteroatoms. The van der Waals surface area contributed by atoms with E-state index < -0.39 is 0 Å². The van der Waals surface area contributed by atoms with E-state index in [2.05, 4.69) is 211 Å². The molecule has 0 aliphatic carbocycles. The highest BCUT2D eigenvalue weighted by Gasteiger charge is 2.16. The summed E-state index contributed by atoms with van der Waals surface area (Å²) >= 11 is 0. The molecule has 7 aromatic rings. The molecular formula is C46H37N. The van der Waals surface area contributed by atoms with Crippen LogP contribution in [0.2, 0.25) is 0 Å². The average Bonchev–Trinajstić information content (AvgIpc) is 3.16. The van der Waals surface area contributed by atoms with E-state index in [1.807, 2.05) is 0 Å². The first-order valence-corrected chi connectivity index (χ1v) is 16.3. The number of rotatable bonds is 10. The van der Waals surface area contributed by atoms with Crippen LogP contribution in [-0.2, 0) is 6.42 Å². The number of hydrogen-bond acceptors (Lipinski definition) is 1. The minimum absolute atomic E-state index is 0.297. The molecular weight excluding hydrogens is 567 g/mol. The number of nitrogens with zero attached hydrogens (tertiary/aromatic N) is 1. The predicted octanol–water partition coefficient (Wildman–Crippen LogP) is 12.1. The zero-order valence-corrected chi connectivity index (χ0v) is 26.4. The zero-order valence-electron chi connectivity index (χ0n) is 26.4. The van der Waals surface area contributed by atoms with Crippen molar-refractivity contribution in [2.24, 2.45) is 0 Å². The number of anilines is 3. The highest BCUT2D eigenvalue weighted by atomic mass is 15.1. The Kier molecular flexibility index (Phi) is 9.15. The fourth-order valence-corrected chi connectivity index (χ4v) is 6.29. The maximum absolute atomic E-state index is 2.33. The van der Waals surface area contributed by atoms with Gasteiger partial charge in [0, 0.05) is 23.0 Å². The van der Waals surface area contributed by atoms with E-state index in [1.54, 1.807) is 0 Å². The molecule has 0 spiro atoms. The topological polar surface area (TPSA) is 3.24 Å². The molecule has 226 valence electrons. The summed E-state index contributed by atoms with van der Waals surface area (Å²) in [5, 5.41) is 0. The molecule has 0 bridgehead atoms. The fourth-order valence-electron chi connectivity index (χ4n) is 6.29. The van der Waals surface area contributed by atoms with Crippen molar-refractivity contribution in [1.29, 1.82) is 0 Å². The van der Waals surface area contributed by atoms with Crippen molar-refractivity contribution in [2.45, 2.75) is 12.3 Å². The molecule has 0 unspecified atom stereocenters. The van der Waals surface area contributed by atoms with Gasteiger partial charge < -0.3 is 4.90 Å². The summed E-state index contributed by atoms with van der Waals surface area (Å²) < 4.78 is 0. The van der Waals surface area contributed by atoms with E-state index >= 15 is 0 Å². The smallest absolute Gasteiger partial charge is 0.0462 e. The summed E-state index contributed by atoms with van der Waals surface area (Å²) in [6.45, 7) is 0. The number of hydrogen-bond donors (Lipinski definition) is 0. The van der Waals surface area contributed by atoms with Gasteiger partial charge in [0.05, 0.1) is 0 Å². The van der Waals surface area contributed by atoms with Gasteiger partial charge in [0.2, 0.25) is 0 Å². The van der Waals surface area contributed by atoms with Crippen molar-refractivity contribution in [2.75, 3.05) is 4.90 Å². The predicted molar refractivity (Wildman–Crippen MR) is 199 cm³/mol. The maximum Gasteiger partial charge on any atom is 0.0462 e. The third kappa shape index (κ3) is 7.16. The van der Waals surface area contributed by atoms with Gasteiger partial charge >= 0.3 is 0 Å². The van der Waals surface area contributed by atoms with E-state index in [-0.39, 0.29) is 0 Å². The van der Waals surface area contributed by atoms with Crippen LogP contribution in [-0.4, -0.2) is 0 Å². The normalized spacial score (nSPS) is 10.8. The van der Waals surface area contributed by atoms with Crippen LogP contribution in [0.15, 0.2) is 200 Å². The van der Waals surface area contributed by atoms with Gasteiger partial charge in [0.15, 0.2) is 0 Å². The van der Waals surface area contributed by atoms with Gasteiger partial charge in [0.25, 0.3) is 0 Å². The second-order valence-corrected chi connectivity index (χ2v) is 11.8. The van der Waals surface area contributed by atoms with Gasteiger partial charge in [-0.15, -0.1) is 0 Å². The Morgan fingerprint density at radius 1 is 0.404 bits per heavy atom. The largest absolute Gasteiger partial charge is 0.311 e. The van der Waals surface area contributed by atoms with Crippen LogP contribution in [0.1, 0.15) is 39.3 Å². The Morgan fingerprint density at radius 2 is 0.787 bits per heavy atom. The van der Waals surface area contributed by atoms with Crippen LogP contribution in [0.3, 0.4) is 0 Å². The molecule has 0 atom stereocenters. The molecule has 0 saturated heterocycles. The van der Waals surface area contributed by atoms with Crippen molar-refractivity contribution in [1.82, 2.24) is 0 Å². The quantitative estimate of drug-likeness (QED) is 0.141. The first-order valence-electron chi connectivity index (χ1n) is 16.3. The van der Waals surface area contributed by atoms with Gasteiger partial charge in [-0.1, -0.05) is 164 Å². The summed E-state index contributed by atoms with van der Waals surface area (Å²) in [6.07, 6.45) is 3.22. The molecule has 1 nitrogen and oxygen atoms in total. The van der Waals surface area contributed by atoms with E-state index in [0.29, 0.717) is 5.92 Å². The Morgan fingerprint density at radius 3 is 1.26 bits per heavy atom. The first-order chi connectivity index (χ1) is 23.3. The van der Waals surface area contributed by atoms with Crippen molar-refractivity contribution < 1.29 is 0 Å². The molecule has 0 heterocycles. The van der Waals surface area contributed by atoms with Crippen molar-refractivity contribution in [3.05, 3.63) is 234 Å². The Labute approximate surface area is 278 Å². The van der Waals surface area contributed by atoms with E-state index in [1.165, 1.54) is 33.4 Å². The van der Waals surface area contributed by atoms with Crippen LogP contribution in [0.5, 0.6) is 0 Å². The summed E-state index contributed by atoms with van der Waals surface area (Å²) in [6, 6.07) is 71.5. The van der Waals surface area contributed by atoms with E-state index in [4.69, 9.17) is 0 Å². The lowest BCUT2D eigenvalue weighted by Gasteiger charge is -2.26. The summed E-state index contributed by atoms with van der Waals surface area (Å²) in [7, 11) is 0. The van der Waals surface area contributed by atoms with Gasteiger partial charge in [-0.05, 0) is 87.8 Å². The van der Waals surface area contributed by atoms with Crippen molar-refractivity contribution in [3.63, 3.8) is 0 Å². The minimum atomic E-state index is 0.297. The third-order valence-corrected chi connectivity index (χ3v) is 8.68. The second-order valence-electron chi connectivity index (χ2n) is 11.8. The molecule has 47 heavy (non-hydrogen) atoms. The summed E-state index contributed by atoms with van der Waals surface area (Å²) in [5.41, 5.74) is 12.1. The van der Waals surface area contributed by atoms with Crippen LogP contribution in [0.4, 0.5) is 17.1 Å². The number of para-hydroxylation sites is 1. The molecule has 0 saturated carbocycles. The summed E-state index contributed by atoms with van der Waals surface area (Å²) in [4.78, 5) is 2.33. The highest BCUT2D eigenvalue weighted by molar-refractivity contribution is 5.91. The van der Waals surface area contributed by atoms with Crippen LogP contribution in [0.25, 0.3) is 11.6 Å². The maximum atomic E-state index is 2.33. The van der Waals surface area contributed by atoms with Gasteiger partial charge in [-0.3, -0.25) is 0 Å². The SMILES string of the molecule is C(=C(c1ccccc1)c1ccccc1)c1ccc(N(c2ccccc2)c2ccc(CC(c3ccccc3)c3ccccc3)cc2)cc1. The Bertz CT molecular complexity index is 1920. The highest BCUT2D eigenvalue weighted by Crippen LogP contribution is 2.36. The Balaban J connectivity index is 1.20. The molecule has 0 radical (unpaired) electrons. The average molecular weight is 604 g/mol. The van der Waals surface area contributed by atoms with Crippen LogP contribution < -0.4 is 4.90 Å². The second kappa shape index (κ2) is 14.5. The minimum Gasteiger partial charge on any atom is -0.311 e. The lowest BCUT2D eigenvalue weighted by atomic mass is 9.86. The molecule has 0 N–H and O–H groups in total. The Hall–Kier alpha value is -5.92. The van der Waals surface area contributed by atoms with E-state index in [9.17, 15) is 0 Å². The molecule has 7 aromatic carbocycles.